The fraction of sp³-hybridized carbons (Fsp3) is 0.0625. The molecule has 0 aliphatic carbocycles. The standard InChI is InChI=1S/C48H37N5/c1-5-15-32(16-6-1)36-25-27-40-42(29-36)53(43-30-41(33-17-7-2-8-18-33)38-23-13-14-24-39(38)45(40)43)44-28-26-37(31-49-44)48-51-46(34-19-9-3-10-20-34)50-47(52-48)35-21-11-4-12-22-35/h1-31,46-48,50-52H. The van der Waals surface area contributed by atoms with Crippen LogP contribution in [0, 0.1) is 0 Å². The number of hydrogen-bond acceptors (Lipinski definition) is 4. The second-order valence-corrected chi connectivity index (χ2v) is 13.7. The van der Waals surface area contributed by atoms with Crippen molar-refractivity contribution in [3.05, 3.63) is 205 Å². The second kappa shape index (κ2) is 13.3. The summed E-state index contributed by atoms with van der Waals surface area (Å²) in [5, 5.41) is 16.3. The number of aromatic nitrogens is 2. The van der Waals surface area contributed by atoms with Crippen molar-refractivity contribution in [3.8, 4) is 28.1 Å². The Morgan fingerprint density at radius 3 is 1.55 bits per heavy atom. The highest BCUT2D eigenvalue weighted by atomic mass is 15.4. The molecule has 0 saturated carbocycles. The van der Waals surface area contributed by atoms with Gasteiger partial charge in [-0.25, -0.2) is 4.98 Å². The van der Waals surface area contributed by atoms with E-state index in [4.69, 9.17) is 4.98 Å². The summed E-state index contributed by atoms with van der Waals surface area (Å²) in [6, 6.07) is 64.8. The maximum atomic E-state index is 5.24. The first-order chi connectivity index (χ1) is 26.3. The number of nitrogens with one attached hydrogen (secondary N) is 3. The van der Waals surface area contributed by atoms with Crippen molar-refractivity contribution >= 4 is 32.6 Å². The molecule has 2 aromatic heterocycles. The number of rotatable bonds is 6. The van der Waals surface area contributed by atoms with Crippen LogP contribution in [-0.2, 0) is 0 Å². The highest BCUT2D eigenvalue weighted by Gasteiger charge is 2.30. The van der Waals surface area contributed by atoms with Gasteiger partial charge in [0.25, 0.3) is 0 Å². The molecule has 1 aliphatic rings. The quantitative estimate of drug-likeness (QED) is 0.163. The summed E-state index contributed by atoms with van der Waals surface area (Å²) in [6.45, 7) is 0. The lowest BCUT2D eigenvalue weighted by atomic mass is 9.94. The van der Waals surface area contributed by atoms with Gasteiger partial charge in [0.2, 0.25) is 0 Å². The molecule has 1 saturated heterocycles. The number of nitrogens with zero attached hydrogens (tertiary/aromatic N) is 2. The summed E-state index contributed by atoms with van der Waals surface area (Å²) in [4.78, 5) is 5.24. The molecule has 53 heavy (non-hydrogen) atoms. The highest BCUT2D eigenvalue weighted by molar-refractivity contribution is 6.24. The molecular weight excluding hydrogens is 647 g/mol. The summed E-state index contributed by atoms with van der Waals surface area (Å²) in [7, 11) is 0. The van der Waals surface area contributed by atoms with Gasteiger partial charge in [-0.1, -0.05) is 164 Å². The topological polar surface area (TPSA) is 53.9 Å². The first kappa shape index (κ1) is 31.4. The Morgan fingerprint density at radius 2 is 0.943 bits per heavy atom. The second-order valence-electron chi connectivity index (χ2n) is 13.7. The molecular formula is C48H37N5. The molecule has 0 spiro atoms. The molecule has 0 bridgehead atoms. The van der Waals surface area contributed by atoms with E-state index in [1.165, 1.54) is 54.9 Å². The Morgan fingerprint density at radius 1 is 0.396 bits per heavy atom. The van der Waals surface area contributed by atoms with E-state index in [9.17, 15) is 0 Å². The zero-order valence-corrected chi connectivity index (χ0v) is 29.0. The van der Waals surface area contributed by atoms with Crippen LogP contribution in [0.15, 0.2) is 188 Å². The summed E-state index contributed by atoms with van der Waals surface area (Å²) in [6.07, 6.45) is 1.79. The van der Waals surface area contributed by atoms with Crippen LogP contribution in [0.25, 0.3) is 60.6 Å². The molecule has 0 amide bonds. The van der Waals surface area contributed by atoms with Gasteiger partial charge in [-0.2, -0.15) is 0 Å². The average Bonchev–Trinajstić information content (AvgIpc) is 3.58. The van der Waals surface area contributed by atoms with E-state index in [-0.39, 0.29) is 18.5 Å². The Balaban J connectivity index is 1.14. The summed E-state index contributed by atoms with van der Waals surface area (Å²) >= 11 is 0. The molecule has 2 atom stereocenters. The molecule has 254 valence electrons. The third-order valence-corrected chi connectivity index (χ3v) is 10.6. The van der Waals surface area contributed by atoms with Gasteiger partial charge >= 0.3 is 0 Å². The van der Waals surface area contributed by atoms with Crippen molar-refractivity contribution in [1.29, 1.82) is 0 Å². The molecule has 1 aliphatic heterocycles. The van der Waals surface area contributed by atoms with Gasteiger partial charge < -0.3 is 0 Å². The molecule has 3 heterocycles. The van der Waals surface area contributed by atoms with Crippen LogP contribution < -0.4 is 16.0 Å². The van der Waals surface area contributed by atoms with Gasteiger partial charge in [0.1, 0.15) is 5.82 Å². The third kappa shape index (κ3) is 5.68. The maximum Gasteiger partial charge on any atom is 0.137 e. The smallest absolute Gasteiger partial charge is 0.137 e. The fourth-order valence-corrected chi connectivity index (χ4v) is 8.00. The number of hydrogen-bond donors (Lipinski definition) is 3. The summed E-state index contributed by atoms with van der Waals surface area (Å²) in [5.74, 6) is 0.876. The SMILES string of the molecule is c1ccc(-c2ccc3c4c5ccccc5c(-c5ccccc5)cc4n(-c4ccc(C5NC(c6ccccc6)NC(c6ccccc6)N5)cn4)c3c2)cc1. The Bertz CT molecular complexity index is 2640. The van der Waals surface area contributed by atoms with Gasteiger partial charge in [-0.05, 0) is 62.4 Å². The van der Waals surface area contributed by atoms with E-state index in [0.29, 0.717) is 0 Å². The van der Waals surface area contributed by atoms with Gasteiger partial charge in [-0.15, -0.1) is 0 Å². The monoisotopic (exact) mass is 683 g/mol. The minimum atomic E-state index is -0.135. The van der Waals surface area contributed by atoms with Gasteiger partial charge in [0.05, 0.1) is 29.5 Å². The van der Waals surface area contributed by atoms with E-state index in [1.807, 2.05) is 6.20 Å². The average molecular weight is 684 g/mol. The van der Waals surface area contributed by atoms with Crippen LogP contribution in [0.5, 0.6) is 0 Å². The molecule has 2 unspecified atom stereocenters. The summed E-state index contributed by atoms with van der Waals surface area (Å²) in [5.41, 5.74) is 10.5. The molecule has 10 rings (SSSR count). The number of benzene rings is 7. The van der Waals surface area contributed by atoms with Crippen LogP contribution in [-0.4, -0.2) is 9.55 Å². The normalized spacial score (nSPS) is 17.4. The van der Waals surface area contributed by atoms with Gasteiger partial charge in [0, 0.05) is 22.5 Å². The minimum Gasteiger partial charge on any atom is -0.294 e. The predicted molar refractivity (Wildman–Crippen MR) is 217 cm³/mol. The van der Waals surface area contributed by atoms with Crippen molar-refractivity contribution in [1.82, 2.24) is 25.5 Å². The Kier molecular flexibility index (Phi) is 7.88. The lowest BCUT2D eigenvalue weighted by Crippen LogP contribution is -2.54. The highest BCUT2D eigenvalue weighted by Crippen LogP contribution is 2.42. The van der Waals surface area contributed by atoms with Crippen LogP contribution in [0.1, 0.15) is 35.2 Å². The molecule has 0 radical (unpaired) electrons. The van der Waals surface area contributed by atoms with Crippen LogP contribution >= 0.6 is 0 Å². The largest absolute Gasteiger partial charge is 0.294 e. The van der Waals surface area contributed by atoms with Crippen LogP contribution in [0.2, 0.25) is 0 Å². The van der Waals surface area contributed by atoms with Crippen LogP contribution in [0.3, 0.4) is 0 Å². The predicted octanol–water partition coefficient (Wildman–Crippen LogP) is 10.8. The Hall–Kier alpha value is -6.37. The molecule has 3 N–H and O–H groups in total. The third-order valence-electron chi connectivity index (χ3n) is 10.6. The maximum absolute atomic E-state index is 5.24. The molecule has 5 nitrogen and oxygen atoms in total. The first-order valence-electron chi connectivity index (χ1n) is 18.2. The molecule has 5 heteroatoms. The van der Waals surface area contributed by atoms with Crippen molar-refractivity contribution in [3.63, 3.8) is 0 Å². The molecule has 1 fully saturated rings. The molecule has 7 aromatic carbocycles. The molecule has 9 aromatic rings. The first-order valence-corrected chi connectivity index (χ1v) is 18.2. The fourth-order valence-electron chi connectivity index (χ4n) is 8.00. The summed E-state index contributed by atoms with van der Waals surface area (Å²) < 4.78 is 2.35. The van der Waals surface area contributed by atoms with Crippen LogP contribution in [0.4, 0.5) is 0 Å². The number of fused-ring (bicyclic) bond motifs is 5. The van der Waals surface area contributed by atoms with E-state index in [2.05, 4.69) is 203 Å². The minimum absolute atomic E-state index is 0.0502. The van der Waals surface area contributed by atoms with Crippen molar-refractivity contribution in [2.24, 2.45) is 0 Å². The van der Waals surface area contributed by atoms with E-state index < -0.39 is 0 Å². The zero-order chi connectivity index (χ0) is 35.1. The zero-order valence-electron chi connectivity index (χ0n) is 29.0. The van der Waals surface area contributed by atoms with Crippen molar-refractivity contribution in [2.45, 2.75) is 18.5 Å². The number of pyridine rings is 1. The lowest BCUT2D eigenvalue weighted by Gasteiger charge is -2.39. The van der Waals surface area contributed by atoms with Crippen molar-refractivity contribution in [2.75, 3.05) is 0 Å². The lowest BCUT2D eigenvalue weighted by molar-refractivity contribution is 0.203. The van der Waals surface area contributed by atoms with E-state index in [1.54, 1.807) is 0 Å². The van der Waals surface area contributed by atoms with Crippen molar-refractivity contribution < 1.29 is 0 Å². The Labute approximate surface area is 308 Å². The van der Waals surface area contributed by atoms with Gasteiger partial charge in [0.15, 0.2) is 0 Å². The van der Waals surface area contributed by atoms with E-state index >= 15 is 0 Å². The van der Waals surface area contributed by atoms with Gasteiger partial charge in [-0.3, -0.25) is 20.5 Å². The van der Waals surface area contributed by atoms with E-state index in [0.717, 1.165) is 22.4 Å².